The molecule has 16 heavy (non-hydrogen) atoms. The highest BCUT2D eigenvalue weighted by Crippen LogP contribution is 2.22. The molecule has 1 saturated carbocycles. The third-order valence-corrected chi connectivity index (χ3v) is 3.59. The lowest BCUT2D eigenvalue weighted by atomic mass is 10.3. The molecule has 2 N–H and O–H groups in total. The molecule has 0 radical (unpaired) electrons. The molecule has 0 bridgehead atoms. The van der Waals surface area contributed by atoms with Crippen LogP contribution in [-0.4, -0.2) is 26.2 Å². The van der Waals surface area contributed by atoms with Crippen LogP contribution < -0.4 is 5.32 Å². The zero-order valence-corrected chi connectivity index (χ0v) is 9.63. The summed E-state index contributed by atoms with van der Waals surface area (Å²) in [6.45, 7) is 0. The molecule has 0 aromatic carbocycles. The third kappa shape index (κ3) is 1.92. The van der Waals surface area contributed by atoms with E-state index in [1.807, 2.05) is 5.38 Å². The number of nitrogens with zero attached hydrogens (tertiary/aromatic N) is 3. The molecule has 0 unspecified atom stereocenters. The van der Waals surface area contributed by atoms with Gasteiger partial charge in [0.1, 0.15) is 0 Å². The van der Waals surface area contributed by atoms with Crippen LogP contribution in [0.1, 0.15) is 25.7 Å². The van der Waals surface area contributed by atoms with E-state index < -0.39 is 0 Å². The van der Waals surface area contributed by atoms with Crippen molar-refractivity contribution in [1.82, 2.24) is 20.2 Å². The lowest BCUT2D eigenvalue weighted by Crippen LogP contribution is -2.15. The number of hydrogen-bond donors (Lipinski definition) is 2. The van der Waals surface area contributed by atoms with Crippen LogP contribution in [0.2, 0.25) is 0 Å². The first-order valence-electron chi connectivity index (χ1n) is 5.50. The van der Waals surface area contributed by atoms with Gasteiger partial charge in [-0.2, -0.15) is 4.98 Å². The number of aromatic amines is 1. The summed E-state index contributed by atoms with van der Waals surface area (Å²) < 4.78 is 0. The number of anilines is 1. The molecule has 2 aromatic heterocycles. The number of rotatable bonds is 3. The lowest BCUT2D eigenvalue weighted by molar-refractivity contribution is 0.745. The summed E-state index contributed by atoms with van der Waals surface area (Å²) >= 11 is 1.56. The molecule has 5 nitrogen and oxygen atoms in total. The maximum atomic E-state index is 4.39. The van der Waals surface area contributed by atoms with Crippen LogP contribution in [0.5, 0.6) is 0 Å². The van der Waals surface area contributed by atoms with E-state index in [9.17, 15) is 0 Å². The van der Waals surface area contributed by atoms with E-state index in [0.717, 1.165) is 10.8 Å². The molecule has 2 heterocycles. The Hall–Kier alpha value is -1.43. The Morgan fingerprint density at radius 3 is 3.00 bits per heavy atom. The topological polar surface area (TPSA) is 66.5 Å². The van der Waals surface area contributed by atoms with E-state index in [1.54, 1.807) is 17.5 Å². The summed E-state index contributed by atoms with van der Waals surface area (Å²) in [6, 6.07) is 0.542. The fourth-order valence-electron chi connectivity index (χ4n) is 2.02. The lowest BCUT2D eigenvalue weighted by Gasteiger charge is -2.08. The molecule has 84 valence electrons. The van der Waals surface area contributed by atoms with Gasteiger partial charge in [0.15, 0.2) is 10.8 Å². The van der Waals surface area contributed by atoms with Crippen LogP contribution in [-0.2, 0) is 0 Å². The molecular formula is C10H13N5S. The van der Waals surface area contributed by atoms with Crippen molar-refractivity contribution in [3.63, 3.8) is 0 Å². The number of H-pyrrole nitrogens is 1. The highest BCUT2D eigenvalue weighted by atomic mass is 32.1. The van der Waals surface area contributed by atoms with Crippen molar-refractivity contribution in [2.75, 3.05) is 5.32 Å². The Morgan fingerprint density at radius 1 is 1.38 bits per heavy atom. The predicted molar refractivity (Wildman–Crippen MR) is 63.4 cm³/mol. The quantitative estimate of drug-likeness (QED) is 0.856. The second-order valence-electron chi connectivity index (χ2n) is 3.97. The summed E-state index contributed by atoms with van der Waals surface area (Å²) in [5, 5.41) is 13.2. The van der Waals surface area contributed by atoms with Crippen LogP contribution >= 0.6 is 11.3 Å². The molecule has 0 spiro atoms. The van der Waals surface area contributed by atoms with Gasteiger partial charge >= 0.3 is 0 Å². The summed E-state index contributed by atoms with van der Waals surface area (Å²) in [7, 11) is 0. The predicted octanol–water partition coefficient (Wildman–Crippen LogP) is 2.28. The first kappa shape index (κ1) is 9.77. The van der Waals surface area contributed by atoms with E-state index in [0.29, 0.717) is 12.0 Å². The Bertz CT molecular complexity index is 443. The smallest absolute Gasteiger partial charge is 0.242 e. The van der Waals surface area contributed by atoms with E-state index in [4.69, 9.17) is 0 Å². The summed E-state index contributed by atoms with van der Waals surface area (Å²) in [4.78, 5) is 8.57. The van der Waals surface area contributed by atoms with Gasteiger partial charge in [-0.25, -0.2) is 4.98 Å². The highest BCUT2D eigenvalue weighted by molar-refractivity contribution is 7.12. The van der Waals surface area contributed by atoms with E-state index in [-0.39, 0.29) is 0 Å². The Balaban J connectivity index is 1.72. The summed E-state index contributed by atoms with van der Waals surface area (Å²) in [5.41, 5.74) is 0. The first-order valence-corrected chi connectivity index (χ1v) is 6.38. The Kier molecular flexibility index (Phi) is 2.57. The minimum absolute atomic E-state index is 0.542. The fourth-order valence-corrected chi connectivity index (χ4v) is 2.59. The number of nitrogens with one attached hydrogen (secondary N) is 2. The van der Waals surface area contributed by atoms with Crippen LogP contribution in [0.25, 0.3) is 10.8 Å². The molecule has 6 heteroatoms. The van der Waals surface area contributed by atoms with E-state index in [1.165, 1.54) is 25.7 Å². The SMILES string of the molecule is c1csc(-c2nc(NC3CCCC3)n[nH]2)n1. The normalized spacial score (nSPS) is 16.8. The van der Waals surface area contributed by atoms with Gasteiger partial charge in [0.2, 0.25) is 5.95 Å². The Labute approximate surface area is 97.3 Å². The van der Waals surface area contributed by atoms with Gasteiger partial charge in [-0.05, 0) is 12.8 Å². The molecule has 1 aliphatic carbocycles. The molecule has 0 aliphatic heterocycles. The largest absolute Gasteiger partial charge is 0.350 e. The van der Waals surface area contributed by atoms with Crippen molar-refractivity contribution in [2.45, 2.75) is 31.7 Å². The average Bonchev–Trinajstić information content (AvgIpc) is 2.99. The molecule has 0 saturated heterocycles. The molecule has 1 aliphatic rings. The molecule has 2 aromatic rings. The monoisotopic (exact) mass is 235 g/mol. The maximum Gasteiger partial charge on any atom is 0.242 e. The number of hydrogen-bond acceptors (Lipinski definition) is 5. The average molecular weight is 235 g/mol. The third-order valence-electron chi connectivity index (χ3n) is 2.81. The van der Waals surface area contributed by atoms with Gasteiger partial charge in [0, 0.05) is 17.6 Å². The second kappa shape index (κ2) is 4.21. The van der Waals surface area contributed by atoms with E-state index >= 15 is 0 Å². The number of thiazole rings is 1. The zero-order chi connectivity index (χ0) is 10.8. The van der Waals surface area contributed by atoms with Crippen LogP contribution in [0, 0.1) is 0 Å². The Morgan fingerprint density at radius 2 is 2.25 bits per heavy atom. The fraction of sp³-hybridized carbons (Fsp3) is 0.500. The van der Waals surface area contributed by atoms with Gasteiger partial charge in [-0.1, -0.05) is 12.8 Å². The minimum atomic E-state index is 0.542. The van der Waals surface area contributed by atoms with Crippen LogP contribution in [0.3, 0.4) is 0 Å². The van der Waals surface area contributed by atoms with Crippen molar-refractivity contribution in [3.05, 3.63) is 11.6 Å². The highest BCUT2D eigenvalue weighted by Gasteiger charge is 2.16. The number of aromatic nitrogens is 4. The summed E-state index contributed by atoms with van der Waals surface area (Å²) in [6.07, 6.45) is 6.83. The molecule has 0 atom stereocenters. The first-order chi connectivity index (χ1) is 7.92. The molecular weight excluding hydrogens is 222 g/mol. The van der Waals surface area contributed by atoms with Gasteiger partial charge < -0.3 is 5.32 Å². The maximum absolute atomic E-state index is 4.39. The molecule has 1 fully saturated rings. The van der Waals surface area contributed by atoms with Crippen molar-refractivity contribution in [3.8, 4) is 10.8 Å². The van der Waals surface area contributed by atoms with Crippen molar-refractivity contribution < 1.29 is 0 Å². The van der Waals surface area contributed by atoms with Crippen LogP contribution in [0.4, 0.5) is 5.95 Å². The minimum Gasteiger partial charge on any atom is -0.350 e. The standard InChI is InChI=1S/C10H13N5S/c1-2-4-7(3-1)12-10-13-8(14-15-10)9-11-5-6-16-9/h5-7H,1-4H2,(H2,12,13,14,15). The summed E-state index contributed by atoms with van der Waals surface area (Å²) in [5.74, 6) is 1.44. The molecule has 3 rings (SSSR count). The van der Waals surface area contributed by atoms with Crippen molar-refractivity contribution >= 4 is 17.3 Å². The second-order valence-corrected chi connectivity index (χ2v) is 4.87. The van der Waals surface area contributed by atoms with Crippen molar-refractivity contribution in [1.29, 1.82) is 0 Å². The van der Waals surface area contributed by atoms with Gasteiger partial charge in [-0.15, -0.1) is 16.4 Å². The van der Waals surface area contributed by atoms with Gasteiger partial charge in [-0.3, -0.25) is 5.10 Å². The zero-order valence-electron chi connectivity index (χ0n) is 8.81. The van der Waals surface area contributed by atoms with Crippen molar-refractivity contribution in [2.24, 2.45) is 0 Å². The van der Waals surface area contributed by atoms with Crippen LogP contribution in [0.15, 0.2) is 11.6 Å². The molecule has 0 amide bonds. The van der Waals surface area contributed by atoms with E-state index in [2.05, 4.69) is 25.5 Å². The van der Waals surface area contributed by atoms with Gasteiger partial charge in [0.05, 0.1) is 0 Å². The van der Waals surface area contributed by atoms with Gasteiger partial charge in [0.25, 0.3) is 0 Å².